The lowest BCUT2D eigenvalue weighted by molar-refractivity contribution is -0.163. The number of carbonyl (C=O) groups is 4. The Bertz CT molecular complexity index is 2610. The maximum Gasteiger partial charge on any atom is 0.255 e. The third kappa shape index (κ3) is 7.01. The molecule has 0 radical (unpaired) electrons. The predicted octanol–water partition coefficient (Wildman–Crippen LogP) is 4.67. The van der Waals surface area contributed by atoms with Crippen LogP contribution in [-0.4, -0.2) is 102 Å². The second-order valence-corrected chi connectivity index (χ2v) is 19.8. The zero-order chi connectivity index (χ0) is 43.9. The summed E-state index contributed by atoms with van der Waals surface area (Å²) in [6.07, 6.45) is 1.63. The predicted molar refractivity (Wildman–Crippen MR) is 237 cm³/mol. The van der Waals surface area contributed by atoms with Crippen molar-refractivity contribution in [2.75, 3.05) is 55.6 Å². The van der Waals surface area contributed by atoms with Crippen LogP contribution >= 0.6 is 0 Å². The number of carbonyl (C=O) groups excluding carboxylic acids is 4. The van der Waals surface area contributed by atoms with E-state index < -0.39 is 16.9 Å². The van der Waals surface area contributed by atoms with Crippen molar-refractivity contribution in [3.63, 3.8) is 0 Å². The van der Waals surface area contributed by atoms with Crippen LogP contribution in [0.15, 0.2) is 71.5 Å². The molecule has 6 heterocycles. The van der Waals surface area contributed by atoms with E-state index in [1.54, 1.807) is 23.1 Å². The summed E-state index contributed by atoms with van der Waals surface area (Å²) in [6, 6.07) is 22.0. The fourth-order valence-electron chi connectivity index (χ4n) is 12.1. The van der Waals surface area contributed by atoms with Gasteiger partial charge < -0.3 is 29.7 Å². The van der Waals surface area contributed by atoms with E-state index in [9.17, 15) is 29.2 Å². The molecule has 2 saturated carbocycles. The number of amides is 4. The summed E-state index contributed by atoms with van der Waals surface area (Å²) in [6.45, 7) is 15.8. The van der Waals surface area contributed by atoms with Gasteiger partial charge in [0.1, 0.15) is 24.0 Å². The minimum Gasteiger partial charge on any atom is -0.488 e. The van der Waals surface area contributed by atoms with Gasteiger partial charge in [0.25, 0.3) is 11.8 Å². The number of H-pyrrole nitrogens is 1. The summed E-state index contributed by atoms with van der Waals surface area (Å²) in [5.74, 6) is 1.63. The highest BCUT2D eigenvalue weighted by Gasteiger charge is 2.64. The number of benzene rings is 3. The Morgan fingerprint density at radius 2 is 1.59 bits per heavy atom. The zero-order valence-electron chi connectivity index (χ0n) is 36.3. The number of ether oxygens (including phenoxy) is 1. The Labute approximate surface area is 366 Å². The molecular formula is C49H54N8O6. The van der Waals surface area contributed by atoms with Crippen molar-refractivity contribution >= 4 is 45.9 Å². The van der Waals surface area contributed by atoms with Gasteiger partial charge in [-0.2, -0.15) is 5.26 Å². The summed E-state index contributed by atoms with van der Waals surface area (Å²) in [4.78, 5) is 75.0. The molecule has 4 saturated heterocycles. The number of fused-ring (bicyclic) bond motifs is 4. The number of aromatic amines is 1. The fraction of sp³-hybridized carbons (Fsp3) is 0.469. The van der Waals surface area contributed by atoms with E-state index in [4.69, 9.17) is 4.74 Å². The molecule has 14 nitrogen and oxygen atoms in total. The SMILES string of the molecule is CC1(C)C(NC(=O)c2ccc(N3CCN(CC4C5CC4CN(c4ccc6c(c4)CN(C4CCC(=O)NC4=O)C6=O)C5)CC3)cc2)C(C)(C)C1Oc1ccc(C#N)c2[nH]c(=O)ccc12. The van der Waals surface area contributed by atoms with E-state index >= 15 is 0 Å². The molecule has 4 amide bonds. The van der Waals surface area contributed by atoms with E-state index in [1.165, 1.54) is 12.5 Å². The van der Waals surface area contributed by atoms with Crippen molar-refractivity contribution in [1.82, 2.24) is 25.4 Å². The first-order valence-corrected chi connectivity index (χ1v) is 22.3. The van der Waals surface area contributed by atoms with Gasteiger partial charge in [-0.1, -0.05) is 27.7 Å². The monoisotopic (exact) mass is 850 g/mol. The lowest BCUT2D eigenvalue weighted by Gasteiger charge is -2.63. The highest BCUT2D eigenvalue weighted by atomic mass is 16.5. The number of aromatic nitrogens is 1. The molecule has 4 aromatic rings. The van der Waals surface area contributed by atoms with Crippen molar-refractivity contribution in [1.29, 1.82) is 5.26 Å². The summed E-state index contributed by atoms with van der Waals surface area (Å²) >= 11 is 0. The van der Waals surface area contributed by atoms with Gasteiger partial charge in [-0.3, -0.25) is 34.2 Å². The number of rotatable bonds is 9. The second-order valence-electron chi connectivity index (χ2n) is 19.8. The molecule has 2 aliphatic carbocycles. The van der Waals surface area contributed by atoms with Crippen molar-refractivity contribution in [2.24, 2.45) is 28.6 Å². The maximum absolute atomic E-state index is 13.7. The molecule has 3 aromatic carbocycles. The first kappa shape index (κ1) is 40.8. The van der Waals surface area contributed by atoms with Gasteiger partial charge >= 0.3 is 0 Å². The van der Waals surface area contributed by atoms with Crippen LogP contribution in [-0.2, 0) is 16.1 Å². The Morgan fingerprint density at radius 3 is 2.29 bits per heavy atom. The van der Waals surface area contributed by atoms with Crippen molar-refractivity contribution < 1.29 is 23.9 Å². The van der Waals surface area contributed by atoms with Crippen molar-refractivity contribution in [3.8, 4) is 11.8 Å². The molecule has 2 bridgehead atoms. The molecule has 5 aliphatic heterocycles. The van der Waals surface area contributed by atoms with Crippen LogP contribution in [0.4, 0.5) is 11.4 Å². The second kappa shape index (κ2) is 15.3. The summed E-state index contributed by atoms with van der Waals surface area (Å²) in [7, 11) is 0. The van der Waals surface area contributed by atoms with Gasteiger partial charge in [-0.25, -0.2) is 0 Å². The lowest BCUT2D eigenvalue weighted by Crippen LogP contribution is -2.74. The molecule has 11 rings (SSSR count). The zero-order valence-corrected chi connectivity index (χ0v) is 36.3. The van der Waals surface area contributed by atoms with Gasteiger partial charge in [0.15, 0.2) is 0 Å². The number of imide groups is 1. The molecule has 14 heteroatoms. The molecule has 63 heavy (non-hydrogen) atoms. The van der Waals surface area contributed by atoms with E-state index in [1.807, 2.05) is 18.2 Å². The minimum atomic E-state index is -0.603. The van der Waals surface area contributed by atoms with Gasteiger partial charge in [0.05, 0.1) is 11.1 Å². The smallest absolute Gasteiger partial charge is 0.255 e. The molecule has 326 valence electrons. The van der Waals surface area contributed by atoms with E-state index in [0.717, 1.165) is 62.8 Å². The van der Waals surface area contributed by atoms with Crippen molar-refractivity contribution in [3.05, 3.63) is 99.3 Å². The van der Waals surface area contributed by atoms with Crippen LogP contribution in [0.25, 0.3) is 10.9 Å². The van der Waals surface area contributed by atoms with Gasteiger partial charge in [-0.15, -0.1) is 0 Å². The number of piperazine rings is 1. The van der Waals surface area contributed by atoms with Crippen LogP contribution in [0.5, 0.6) is 5.75 Å². The minimum absolute atomic E-state index is 0.121. The average molecular weight is 851 g/mol. The Morgan fingerprint density at radius 1 is 0.873 bits per heavy atom. The topological polar surface area (TPSA) is 171 Å². The van der Waals surface area contributed by atoms with Crippen LogP contribution in [0.3, 0.4) is 0 Å². The van der Waals surface area contributed by atoms with E-state index in [-0.39, 0.29) is 47.8 Å². The first-order valence-electron chi connectivity index (χ1n) is 22.3. The van der Waals surface area contributed by atoms with E-state index in [2.05, 4.69) is 88.3 Å². The van der Waals surface area contributed by atoms with Crippen LogP contribution in [0.1, 0.15) is 78.8 Å². The Kier molecular flexibility index (Phi) is 9.89. The maximum atomic E-state index is 13.7. The first-order chi connectivity index (χ1) is 30.2. The average Bonchev–Trinajstić information content (AvgIpc) is 3.60. The number of nitriles is 1. The van der Waals surface area contributed by atoms with Crippen molar-refractivity contribution in [2.45, 2.75) is 71.7 Å². The molecule has 6 fully saturated rings. The number of nitrogens with one attached hydrogen (secondary N) is 3. The largest absolute Gasteiger partial charge is 0.488 e. The molecular weight excluding hydrogens is 797 g/mol. The quantitative estimate of drug-likeness (QED) is 0.201. The Balaban J connectivity index is 0.700. The standard InChI is InChI=1S/C49H54N8O6/c1-48(2)46(49(3,4)47(48)63-39-14-7-29(23-50)42-36(39)12-15-40(58)51-42)53-43(60)28-5-8-33(9-6-28)55-19-17-54(18-20-55)27-37-30-21-31(37)25-56(24-30)34-10-11-35-32(22-34)26-57(45(35)62)38-13-16-41(59)52-44(38)61/h5-12,14-15,22,30-31,37-38,46-47H,13,16-21,24-27H2,1-4H3,(H,51,58)(H,53,60)(H,52,59,61). The number of anilines is 2. The summed E-state index contributed by atoms with van der Waals surface area (Å²) in [5, 5.41) is 16.0. The third-order valence-corrected chi connectivity index (χ3v) is 15.3. The molecule has 3 atom stereocenters. The van der Waals surface area contributed by atoms with Crippen LogP contribution < -0.4 is 30.7 Å². The normalized spacial score (nSPS) is 27.2. The highest BCUT2D eigenvalue weighted by Crippen LogP contribution is 2.56. The number of hydrogen-bond acceptors (Lipinski definition) is 10. The third-order valence-electron chi connectivity index (χ3n) is 15.3. The fourth-order valence-corrected chi connectivity index (χ4v) is 12.1. The van der Waals surface area contributed by atoms with Gasteiger partial charge in [0, 0.05) is 110 Å². The van der Waals surface area contributed by atoms with Gasteiger partial charge in [0.2, 0.25) is 17.4 Å². The number of piperidine rings is 3. The number of nitrogens with zero attached hydrogens (tertiary/aromatic N) is 5. The summed E-state index contributed by atoms with van der Waals surface area (Å²) in [5.41, 5.74) is 4.21. The molecule has 7 aliphatic rings. The Hall–Kier alpha value is -6.20. The van der Waals surface area contributed by atoms with Gasteiger partial charge in [-0.05, 0) is 96.8 Å². The number of pyridine rings is 1. The molecule has 0 spiro atoms. The molecule has 3 unspecified atom stereocenters. The van der Waals surface area contributed by atoms with Crippen LogP contribution in [0.2, 0.25) is 0 Å². The van der Waals surface area contributed by atoms with Crippen LogP contribution in [0, 0.1) is 39.9 Å². The molecule has 1 aromatic heterocycles. The lowest BCUT2D eigenvalue weighted by atomic mass is 9.49. The summed E-state index contributed by atoms with van der Waals surface area (Å²) < 4.78 is 6.63. The number of hydrogen-bond donors (Lipinski definition) is 3. The highest BCUT2D eigenvalue weighted by molar-refractivity contribution is 6.05. The van der Waals surface area contributed by atoms with E-state index in [0.29, 0.717) is 64.1 Å². The molecule has 3 N–H and O–H groups in total.